The zero-order valence-electron chi connectivity index (χ0n) is 15.7. The molecule has 0 radical (unpaired) electrons. The Bertz CT molecular complexity index is 1040. The number of halogens is 2. The lowest BCUT2D eigenvalue weighted by molar-refractivity contribution is -0.115. The summed E-state index contributed by atoms with van der Waals surface area (Å²) in [6.45, 7) is 2.69. The van der Waals surface area contributed by atoms with Crippen LogP contribution in [0.15, 0.2) is 28.7 Å². The van der Waals surface area contributed by atoms with E-state index in [1.807, 2.05) is 6.92 Å². The third kappa shape index (κ3) is 4.48. The fraction of sp³-hybridized carbons (Fsp3) is 0.368. The molecule has 1 N–H and O–H groups in total. The van der Waals surface area contributed by atoms with Gasteiger partial charge >= 0.3 is 0 Å². The van der Waals surface area contributed by atoms with E-state index in [9.17, 15) is 13.6 Å². The topological polar surface area (TPSA) is 72.7 Å². The molecule has 152 valence electrons. The predicted molar refractivity (Wildman–Crippen MR) is 109 cm³/mol. The number of carbonyl (C=O) groups excluding carboxylic acids is 1. The molecule has 0 fully saturated rings. The first kappa shape index (κ1) is 20.0. The second kappa shape index (κ2) is 8.58. The molecule has 4 rings (SSSR count). The number of nitrogens with one attached hydrogen (secondary N) is 1. The van der Waals surface area contributed by atoms with Crippen LogP contribution in [0.1, 0.15) is 32.0 Å². The van der Waals surface area contributed by atoms with Gasteiger partial charge in [-0.15, -0.1) is 21.5 Å². The van der Waals surface area contributed by atoms with Gasteiger partial charge in [0.05, 0.1) is 10.9 Å². The second-order valence-corrected chi connectivity index (χ2v) is 8.94. The summed E-state index contributed by atoms with van der Waals surface area (Å²) in [7, 11) is 0. The zero-order valence-corrected chi connectivity index (χ0v) is 17.3. The van der Waals surface area contributed by atoms with Crippen molar-refractivity contribution in [3.8, 4) is 11.3 Å². The van der Waals surface area contributed by atoms with Gasteiger partial charge in [-0.2, -0.15) is 0 Å². The monoisotopic (exact) mass is 435 g/mol. The first-order valence-electron chi connectivity index (χ1n) is 9.32. The minimum absolute atomic E-state index is 0.202. The molecule has 1 aromatic carbocycles. The average molecular weight is 436 g/mol. The number of thiazole rings is 1. The van der Waals surface area contributed by atoms with Gasteiger partial charge in [-0.05, 0) is 38.0 Å². The Morgan fingerprint density at radius 3 is 2.93 bits per heavy atom. The molecule has 3 heterocycles. The maximum Gasteiger partial charge on any atom is 0.239 e. The molecule has 1 aliphatic rings. The molecular formula is C19H19F2N5OS2. The van der Waals surface area contributed by atoms with Crippen LogP contribution >= 0.6 is 23.1 Å². The number of carbonyl (C=O) groups is 1. The number of rotatable bonds is 5. The van der Waals surface area contributed by atoms with Crippen molar-refractivity contribution in [2.24, 2.45) is 0 Å². The van der Waals surface area contributed by atoms with Crippen LogP contribution in [0.4, 0.5) is 13.9 Å². The van der Waals surface area contributed by atoms with Crippen LogP contribution in [0.3, 0.4) is 0 Å². The highest BCUT2D eigenvalue weighted by Crippen LogP contribution is 2.28. The summed E-state index contributed by atoms with van der Waals surface area (Å²) in [5.41, 5.74) is 0.932. The van der Waals surface area contributed by atoms with E-state index in [1.165, 1.54) is 35.6 Å². The summed E-state index contributed by atoms with van der Waals surface area (Å²) < 4.78 is 28.6. The van der Waals surface area contributed by atoms with Crippen molar-refractivity contribution in [3.05, 3.63) is 41.0 Å². The Hall–Kier alpha value is -2.33. The Kier molecular flexibility index (Phi) is 5.91. The highest BCUT2D eigenvalue weighted by Gasteiger charge is 2.22. The van der Waals surface area contributed by atoms with E-state index >= 15 is 0 Å². The molecule has 0 aliphatic carbocycles. The lowest BCUT2D eigenvalue weighted by Gasteiger charge is -2.11. The fourth-order valence-electron chi connectivity index (χ4n) is 3.08. The number of aromatic nitrogens is 4. The molecule has 0 spiro atoms. The summed E-state index contributed by atoms with van der Waals surface area (Å²) >= 11 is 2.60. The predicted octanol–water partition coefficient (Wildman–Crippen LogP) is 4.53. The first-order valence-corrected chi connectivity index (χ1v) is 11.1. The maximum absolute atomic E-state index is 13.4. The van der Waals surface area contributed by atoms with Gasteiger partial charge in [-0.1, -0.05) is 18.2 Å². The molecule has 3 aromatic rings. The molecule has 0 unspecified atom stereocenters. The minimum Gasteiger partial charge on any atom is -0.306 e. The number of nitrogens with zero attached hydrogens (tertiary/aromatic N) is 4. The number of benzene rings is 1. The maximum atomic E-state index is 13.4. The quantitative estimate of drug-likeness (QED) is 0.597. The van der Waals surface area contributed by atoms with Crippen LogP contribution in [0.25, 0.3) is 11.3 Å². The number of fused-ring (bicyclic) bond motifs is 1. The summed E-state index contributed by atoms with van der Waals surface area (Å²) in [6.07, 6.45) is 4.29. The van der Waals surface area contributed by atoms with E-state index < -0.39 is 11.6 Å². The SMILES string of the molecule is C[C@@H](Sc1nnc2n1CCCCC2)C(=O)Nc1nc(-c2ccc(F)c(F)c2)cs1. The number of aryl methyl sites for hydroxylation is 1. The van der Waals surface area contributed by atoms with Crippen molar-refractivity contribution in [2.75, 3.05) is 5.32 Å². The molecule has 29 heavy (non-hydrogen) atoms. The van der Waals surface area contributed by atoms with E-state index in [4.69, 9.17) is 0 Å². The zero-order chi connectivity index (χ0) is 20.4. The van der Waals surface area contributed by atoms with Crippen LogP contribution in [0.5, 0.6) is 0 Å². The van der Waals surface area contributed by atoms with E-state index in [0.29, 0.717) is 16.4 Å². The van der Waals surface area contributed by atoms with E-state index in [-0.39, 0.29) is 11.2 Å². The lowest BCUT2D eigenvalue weighted by Crippen LogP contribution is -2.23. The summed E-state index contributed by atoms with van der Waals surface area (Å²) in [4.78, 5) is 16.9. The van der Waals surface area contributed by atoms with Gasteiger partial charge in [0.1, 0.15) is 5.82 Å². The minimum atomic E-state index is -0.932. The van der Waals surface area contributed by atoms with Gasteiger partial charge in [-0.25, -0.2) is 13.8 Å². The summed E-state index contributed by atoms with van der Waals surface area (Å²) in [6, 6.07) is 3.60. The normalized spacial score (nSPS) is 14.9. The Morgan fingerprint density at radius 1 is 1.24 bits per heavy atom. The van der Waals surface area contributed by atoms with Gasteiger partial charge < -0.3 is 9.88 Å². The molecule has 1 atom stereocenters. The molecule has 0 saturated carbocycles. The first-order chi connectivity index (χ1) is 14.0. The van der Waals surface area contributed by atoms with Crippen molar-refractivity contribution in [3.63, 3.8) is 0 Å². The molecule has 6 nitrogen and oxygen atoms in total. The molecule has 2 aromatic heterocycles. The highest BCUT2D eigenvalue weighted by molar-refractivity contribution is 8.00. The molecule has 1 aliphatic heterocycles. The smallest absolute Gasteiger partial charge is 0.239 e. The van der Waals surface area contributed by atoms with Crippen LogP contribution < -0.4 is 5.32 Å². The molecule has 10 heteroatoms. The van der Waals surface area contributed by atoms with Crippen LogP contribution in [0, 0.1) is 11.6 Å². The standard InChI is InChI=1S/C19H19F2N5OS2/c1-11(29-19-25-24-16-5-3-2-4-8-26(16)19)17(27)23-18-22-15(10-28-18)12-6-7-13(20)14(21)9-12/h6-7,9-11H,2-5,8H2,1H3,(H,22,23,27)/t11-/m1/s1. The van der Waals surface area contributed by atoms with Gasteiger partial charge in [-0.3, -0.25) is 4.79 Å². The number of thioether (sulfide) groups is 1. The van der Waals surface area contributed by atoms with Crippen molar-refractivity contribution in [2.45, 2.75) is 49.6 Å². The number of anilines is 1. The average Bonchev–Trinajstić information content (AvgIpc) is 3.24. The van der Waals surface area contributed by atoms with Crippen molar-refractivity contribution < 1.29 is 13.6 Å². The van der Waals surface area contributed by atoms with Crippen molar-refractivity contribution in [1.82, 2.24) is 19.7 Å². The lowest BCUT2D eigenvalue weighted by atomic mass is 10.2. The number of hydrogen-bond donors (Lipinski definition) is 1. The molecule has 0 bridgehead atoms. The van der Waals surface area contributed by atoms with E-state index in [2.05, 4.69) is 25.1 Å². The third-order valence-corrected chi connectivity index (χ3v) is 6.51. The number of hydrogen-bond acceptors (Lipinski definition) is 6. The van der Waals surface area contributed by atoms with Crippen molar-refractivity contribution >= 4 is 34.1 Å². The number of amides is 1. The van der Waals surface area contributed by atoms with Gasteiger partial charge in [0.15, 0.2) is 21.9 Å². The Morgan fingerprint density at radius 2 is 2.10 bits per heavy atom. The molecular weight excluding hydrogens is 416 g/mol. The van der Waals surface area contributed by atoms with Gasteiger partial charge in [0, 0.05) is 23.9 Å². The van der Waals surface area contributed by atoms with Crippen LogP contribution in [-0.2, 0) is 17.8 Å². The van der Waals surface area contributed by atoms with Gasteiger partial charge in [0.2, 0.25) is 5.91 Å². The highest BCUT2D eigenvalue weighted by atomic mass is 32.2. The van der Waals surface area contributed by atoms with Crippen LogP contribution in [0.2, 0.25) is 0 Å². The fourth-order valence-corrected chi connectivity index (χ4v) is 4.70. The largest absolute Gasteiger partial charge is 0.306 e. The second-order valence-electron chi connectivity index (χ2n) is 6.78. The summed E-state index contributed by atoms with van der Waals surface area (Å²) in [5.74, 6) is -1.06. The third-order valence-electron chi connectivity index (χ3n) is 4.68. The van der Waals surface area contributed by atoms with Gasteiger partial charge in [0.25, 0.3) is 0 Å². The Labute approximate surface area is 174 Å². The molecule has 1 amide bonds. The van der Waals surface area contributed by atoms with E-state index in [1.54, 1.807) is 5.38 Å². The van der Waals surface area contributed by atoms with E-state index in [0.717, 1.165) is 48.9 Å². The van der Waals surface area contributed by atoms with Crippen LogP contribution in [-0.4, -0.2) is 30.9 Å². The summed E-state index contributed by atoms with van der Waals surface area (Å²) in [5, 5.41) is 13.8. The molecule has 0 saturated heterocycles. The Balaban J connectivity index is 1.41. The van der Waals surface area contributed by atoms with Crippen molar-refractivity contribution in [1.29, 1.82) is 0 Å².